The van der Waals surface area contributed by atoms with Crippen molar-refractivity contribution in [3.8, 4) is 0 Å². The third-order valence-corrected chi connectivity index (χ3v) is 2.93. The van der Waals surface area contributed by atoms with Crippen molar-refractivity contribution in [2.24, 2.45) is 5.92 Å². The summed E-state index contributed by atoms with van der Waals surface area (Å²) < 4.78 is 0. The minimum atomic E-state index is -1.10. The van der Waals surface area contributed by atoms with E-state index in [0.29, 0.717) is 18.2 Å². The van der Waals surface area contributed by atoms with E-state index in [1.165, 1.54) is 12.5 Å². The summed E-state index contributed by atoms with van der Waals surface area (Å²) in [5.74, 6) is -0.406. The Morgan fingerprint density at radius 1 is 1.41 bits per heavy atom. The second-order valence-corrected chi connectivity index (χ2v) is 4.26. The lowest BCUT2D eigenvalue weighted by Gasteiger charge is -2.24. The first-order valence-corrected chi connectivity index (χ1v) is 5.65. The molecular formula is C12H14N2O3. The van der Waals surface area contributed by atoms with Crippen molar-refractivity contribution in [1.29, 1.82) is 0 Å². The number of carboxylic acid groups (broad SMARTS) is 1. The molecule has 1 saturated carbocycles. The van der Waals surface area contributed by atoms with E-state index >= 15 is 0 Å². The van der Waals surface area contributed by atoms with Crippen molar-refractivity contribution in [2.75, 3.05) is 5.32 Å². The monoisotopic (exact) mass is 234 g/mol. The average molecular weight is 234 g/mol. The van der Waals surface area contributed by atoms with Gasteiger partial charge in [-0.15, -0.1) is 0 Å². The summed E-state index contributed by atoms with van der Waals surface area (Å²) in [7, 11) is 0. The van der Waals surface area contributed by atoms with Gasteiger partial charge in [0, 0.05) is 6.42 Å². The van der Waals surface area contributed by atoms with E-state index in [-0.39, 0.29) is 11.6 Å². The fraction of sp³-hybridized carbons (Fsp3) is 0.417. The summed E-state index contributed by atoms with van der Waals surface area (Å²) in [5, 5.41) is 11.4. The van der Waals surface area contributed by atoms with Gasteiger partial charge in [0.25, 0.3) is 0 Å². The van der Waals surface area contributed by atoms with Crippen molar-refractivity contribution in [1.82, 2.24) is 4.98 Å². The lowest BCUT2D eigenvalue weighted by molar-refractivity contribution is -0.117. The zero-order valence-corrected chi connectivity index (χ0v) is 9.35. The number of nitrogens with one attached hydrogen (secondary N) is 1. The molecule has 0 spiro atoms. The molecule has 2 rings (SSSR count). The number of nitrogens with zero attached hydrogens (tertiary/aromatic N) is 1. The molecule has 5 heteroatoms. The highest BCUT2D eigenvalue weighted by atomic mass is 16.4. The number of hydrogen-bond donors (Lipinski definition) is 2. The van der Waals surface area contributed by atoms with Crippen LogP contribution >= 0.6 is 0 Å². The normalized spacial score (nSPS) is 15.1. The largest absolute Gasteiger partial charge is 0.477 e. The molecule has 1 heterocycles. The predicted molar refractivity (Wildman–Crippen MR) is 61.8 cm³/mol. The number of hydrogen-bond acceptors (Lipinski definition) is 3. The minimum Gasteiger partial charge on any atom is -0.477 e. The summed E-state index contributed by atoms with van der Waals surface area (Å²) >= 11 is 0. The van der Waals surface area contributed by atoms with Crippen LogP contribution in [-0.2, 0) is 4.79 Å². The van der Waals surface area contributed by atoms with E-state index < -0.39 is 5.97 Å². The lowest BCUT2D eigenvalue weighted by atomic mass is 9.83. The summed E-state index contributed by atoms with van der Waals surface area (Å²) in [6.07, 6.45) is 3.91. The fourth-order valence-electron chi connectivity index (χ4n) is 1.78. The van der Waals surface area contributed by atoms with Gasteiger partial charge in [0.05, 0.1) is 0 Å². The maximum atomic E-state index is 11.6. The van der Waals surface area contributed by atoms with Crippen LogP contribution in [-0.4, -0.2) is 22.0 Å². The molecule has 0 unspecified atom stereocenters. The van der Waals surface area contributed by atoms with Crippen molar-refractivity contribution < 1.29 is 14.7 Å². The highest BCUT2D eigenvalue weighted by molar-refractivity contribution is 5.91. The summed E-state index contributed by atoms with van der Waals surface area (Å²) in [5.41, 5.74) is -0.0635. The SMILES string of the molecule is O=C(CC1CCC1)Nc1cccc(C(=O)O)n1. The highest BCUT2D eigenvalue weighted by Crippen LogP contribution is 2.29. The van der Waals surface area contributed by atoms with Gasteiger partial charge in [0.15, 0.2) is 5.69 Å². The molecule has 0 radical (unpaired) electrons. The van der Waals surface area contributed by atoms with Gasteiger partial charge in [-0.25, -0.2) is 9.78 Å². The van der Waals surface area contributed by atoms with Gasteiger partial charge in [-0.1, -0.05) is 12.5 Å². The van der Waals surface area contributed by atoms with Crippen LogP contribution < -0.4 is 5.32 Å². The molecule has 1 aliphatic carbocycles. The van der Waals surface area contributed by atoms with Crippen molar-refractivity contribution in [3.05, 3.63) is 23.9 Å². The fourth-order valence-corrected chi connectivity index (χ4v) is 1.78. The Labute approximate surface area is 98.9 Å². The van der Waals surface area contributed by atoms with E-state index in [2.05, 4.69) is 10.3 Å². The number of aromatic carboxylic acids is 1. The molecule has 5 nitrogen and oxygen atoms in total. The zero-order valence-electron chi connectivity index (χ0n) is 9.35. The first kappa shape index (κ1) is 11.6. The second-order valence-electron chi connectivity index (χ2n) is 4.26. The number of anilines is 1. The maximum absolute atomic E-state index is 11.6. The Morgan fingerprint density at radius 3 is 2.76 bits per heavy atom. The molecule has 90 valence electrons. The summed E-state index contributed by atoms with van der Waals surface area (Å²) in [6, 6.07) is 4.55. The third kappa shape index (κ3) is 3.03. The van der Waals surface area contributed by atoms with E-state index in [1.54, 1.807) is 12.1 Å². The molecule has 1 aliphatic rings. The van der Waals surface area contributed by atoms with Crippen LogP contribution in [0.1, 0.15) is 36.2 Å². The number of carbonyl (C=O) groups excluding carboxylic acids is 1. The topological polar surface area (TPSA) is 79.3 Å². The molecule has 1 amide bonds. The van der Waals surface area contributed by atoms with E-state index in [9.17, 15) is 9.59 Å². The van der Waals surface area contributed by atoms with Gasteiger partial charge in [0.1, 0.15) is 5.82 Å². The number of carboxylic acids is 1. The highest BCUT2D eigenvalue weighted by Gasteiger charge is 2.20. The molecule has 0 atom stereocenters. The Morgan fingerprint density at radius 2 is 2.18 bits per heavy atom. The molecule has 0 bridgehead atoms. The van der Waals surface area contributed by atoms with Crippen LogP contribution in [0.2, 0.25) is 0 Å². The summed E-state index contributed by atoms with van der Waals surface area (Å²) in [6.45, 7) is 0. The number of carbonyl (C=O) groups is 2. The summed E-state index contributed by atoms with van der Waals surface area (Å²) in [4.78, 5) is 26.1. The zero-order chi connectivity index (χ0) is 12.3. The molecule has 0 aliphatic heterocycles. The lowest BCUT2D eigenvalue weighted by Crippen LogP contribution is -2.21. The number of aromatic nitrogens is 1. The van der Waals surface area contributed by atoms with Crippen LogP contribution in [0.3, 0.4) is 0 Å². The van der Waals surface area contributed by atoms with Gasteiger partial charge in [0.2, 0.25) is 5.91 Å². The Balaban J connectivity index is 1.95. The first-order chi connectivity index (χ1) is 8.15. The van der Waals surface area contributed by atoms with Crippen molar-refractivity contribution >= 4 is 17.7 Å². The van der Waals surface area contributed by atoms with Gasteiger partial charge >= 0.3 is 5.97 Å². The van der Waals surface area contributed by atoms with Crippen LogP contribution in [0.4, 0.5) is 5.82 Å². The quantitative estimate of drug-likeness (QED) is 0.834. The van der Waals surface area contributed by atoms with Gasteiger partial charge in [-0.2, -0.15) is 0 Å². The van der Waals surface area contributed by atoms with Gasteiger partial charge in [-0.3, -0.25) is 4.79 Å². The van der Waals surface area contributed by atoms with Crippen molar-refractivity contribution in [3.63, 3.8) is 0 Å². The molecule has 0 aromatic carbocycles. The Bertz CT molecular complexity index is 441. The van der Waals surface area contributed by atoms with Gasteiger partial charge in [-0.05, 0) is 30.9 Å². The average Bonchev–Trinajstić information content (AvgIpc) is 2.24. The number of rotatable bonds is 4. The molecule has 17 heavy (non-hydrogen) atoms. The van der Waals surface area contributed by atoms with Crippen LogP contribution in [0.25, 0.3) is 0 Å². The number of pyridine rings is 1. The van der Waals surface area contributed by atoms with Crippen LogP contribution in [0.5, 0.6) is 0 Å². The standard InChI is InChI=1S/C12H14N2O3/c15-11(7-8-3-1-4-8)14-10-6-2-5-9(13-10)12(16)17/h2,5-6,8H,1,3-4,7H2,(H,16,17)(H,13,14,15). The van der Waals surface area contributed by atoms with E-state index in [0.717, 1.165) is 12.8 Å². The minimum absolute atomic E-state index is 0.0635. The second kappa shape index (κ2) is 4.95. The van der Waals surface area contributed by atoms with E-state index in [1.807, 2.05) is 0 Å². The smallest absolute Gasteiger partial charge is 0.354 e. The molecule has 1 fully saturated rings. The third-order valence-electron chi connectivity index (χ3n) is 2.93. The Kier molecular flexibility index (Phi) is 3.37. The maximum Gasteiger partial charge on any atom is 0.354 e. The van der Waals surface area contributed by atoms with Gasteiger partial charge < -0.3 is 10.4 Å². The number of amides is 1. The van der Waals surface area contributed by atoms with Crippen LogP contribution in [0, 0.1) is 5.92 Å². The first-order valence-electron chi connectivity index (χ1n) is 5.65. The molecule has 1 aromatic heterocycles. The Hall–Kier alpha value is -1.91. The predicted octanol–water partition coefficient (Wildman–Crippen LogP) is 1.91. The van der Waals surface area contributed by atoms with E-state index in [4.69, 9.17) is 5.11 Å². The van der Waals surface area contributed by atoms with Crippen LogP contribution in [0.15, 0.2) is 18.2 Å². The van der Waals surface area contributed by atoms with Crippen molar-refractivity contribution in [2.45, 2.75) is 25.7 Å². The molecule has 1 aromatic rings. The molecule has 2 N–H and O–H groups in total. The molecule has 0 saturated heterocycles. The molecular weight excluding hydrogens is 220 g/mol.